The molecule has 5 rings (SSSR count). The molecule has 4 aromatic carbocycles. The van der Waals surface area contributed by atoms with Crippen LogP contribution in [-0.2, 0) is 22.0 Å². The summed E-state index contributed by atoms with van der Waals surface area (Å²) < 4.78 is 42.7. The lowest BCUT2D eigenvalue weighted by Crippen LogP contribution is -2.28. The van der Waals surface area contributed by atoms with Crippen molar-refractivity contribution in [1.29, 1.82) is 0 Å². The van der Waals surface area contributed by atoms with Crippen molar-refractivity contribution in [2.24, 2.45) is 0 Å². The minimum atomic E-state index is -4.16. The molecule has 0 aliphatic rings. The highest BCUT2D eigenvalue weighted by Gasteiger charge is 2.22. The molecule has 11 heteroatoms. The van der Waals surface area contributed by atoms with Crippen LogP contribution in [-0.4, -0.2) is 36.3 Å². The van der Waals surface area contributed by atoms with Crippen LogP contribution in [0.2, 0.25) is 10.0 Å². The molecule has 1 unspecified atom stereocenters. The van der Waals surface area contributed by atoms with Crippen molar-refractivity contribution in [2.75, 3.05) is 12.3 Å². The quantitative estimate of drug-likeness (QED) is 0.133. The van der Waals surface area contributed by atoms with Gasteiger partial charge in [0.25, 0.3) is 16.0 Å². The molecule has 8 nitrogen and oxygen atoms in total. The molecular weight excluding hydrogens is 659 g/mol. The van der Waals surface area contributed by atoms with Crippen LogP contribution in [0.15, 0.2) is 102 Å². The maximum atomic E-state index is 12.5. The minimum Gasteiger partial charge on any atom is -0.457 e. The molecule has 0 spiro atoms. The molecule has 1 atom stereocenters. The molecule has 0 bridgehead atoms. The fourth-order valence-corrected chi connectivity index (χ4v) is 5.92. The SMILES string of the molecule is CC(C)(C)c1ccc(C(Cc2ccc(C(=O)NCCS(=O)(=O)O)cc2)c2cc(-c3cccc(Oc4cc(Cl)cc(Cl)c4)c3)on2)cc1. The topological polar surface area (TPSA) is 119 Å². The summed E-state index contributed by atoms with van der Waals surface area (Å²) in [7, 11) is -4.16. The van der Waals surface area contributed by atoms with Crippen molar-refractivity contribution >= 4 is 39.2 Å². The van der Waals surface area contributed by atoms with E-state index in [4.69, 9.17) is 37.0 Å². The van der Waals surface area contributed by atoms with Gasteiger partial charge in [-0.15, -0.1) is 0 Å². The van der Waals surface area contributed by atoms with Crippen LogP contribution in [0.1, 0.15) is 59.4 Å². The molecule has 47 heavy (non-hydrogen) atoms. The van der Waals surface area contributed by atoms with Gasteiger partial charge < -0.3 is 14.6 Å². The Labute approximate surface area is 284 Å². The lowest BCUT2D eigenvalue weighted by molar-refractivity contribution is 0.0956. The van der Waals surface area contributed by atoms with E-state index in [-0.39, 0.29) is 17.9 Å². The third-order valence-electron chi connectivity index (χ3n) is 7.56. The summed E-state index contributed by atoms with van der Waals surface area (Å²) in [5.41, 5.74) is 5.12. The van der Waals surface area contributed by atoms with Crippen molar-refractivity contribution in [3.05, 3.63) is 135 Å². The van der Waals surface area contributed by atoms with E-state index in [2.05, 4.69) is 55.5 Å². The number of nitrogens with one attached hydrogen (secondary N) is 1. The monoisotopic (exact) mass is 692 g/mol. The second-order valence-electron chi connectivity index (χ2n) is 12.2. The summed E-state index contributed by atoms with van der Waals surface area (Å²) in [6.07, 6.45) is 0.574. The Morgan fingerprint density at radius 3 is 2.23 bits per heavy atom. The van der Waals surface area contributed by atoms with E-state index in [0.717, 1.165) is 22.4 Å². The number of rotatable bonds is 11. The Balaban J connectivity index is 1.39. The zero-order chi connectivity index (χ0) is 33.8. The van der Waals surface area contributed by atoms with Crippen molar-refractivity contribution < 1.29 is 27.0 Å². The first-order valence-electron chi connectivity index (χ1n) is 14.9. The van der Waals surface area contributed by atoms with E-state index in [1.807, 2.05) is 42.5 Å². The van der Waals surface area contributed by atoms with E-state index >= 15 is 0 Å². The number of aromatic nitrogens is 1. The van der Waals surface area contributed by atoms with Crippen LogP contribution in [0.25, 0.3) is 11.3 Å². The number of benzene rings is 4. The molecule has 0 aliphatic carbocycles. The molecule has 0 aliphatic heterocycles. The number of ether oxygens (including phenoxy) is 1. The van der Waals surface area contributed by atoms with Crippen molar-refractivity contribution in [1.82, 2.24) is 10.5 Å². The van der Waals surface area contributed by atoms with E-state index in [9.17, 15) is 13.2 Å². The highest BCUT2D eigenvalue weighted by atomic mass is 35.5. The van der Waals surface area contributed by atoms with Gasteiger partial charge in [0.2, 0.25) is 0 Å². The predicted octanol–water partition coefficient (Wildman–Crippen LogP) is 8.73. The van der Waals surface area contributed by atoms with Gasteiger partial charge in [0.15, 0.2) is 5.76 Å². The summed E-state index contributed by atoms with van der Waals surface area (Å²) in [6.45, 7) is 6.32. The third-order valence-corrected chi connectivity index (χ3v) is 8.71. The Bertz CT molecular complexity index is 1950. The van der Waals surface area contributed by atoms with E-state index in [1.165, 1.54) is 5.56 Å². The number of carbonyl (C=O) groups excluding carboxylic acids is 1. The minimum absolute atomic E-state index is 0.00361. The Morgan fingerprint density at radius 1 is 0.915 bits per heavy atom. The lowest BCUT2D eigenvalue weighted by Gasteiger charge is -2.21. The Hall–Kier alpha value is -4.15. The average Bonchev–Trinajstić information content (AvgIpc) is 3.49. The van der Waals surface area contributed by atoms with E-state index < -0.39 is 21.8 Å². The average molecular weight is 694 g/mol. The zero-order valence-electron chi connectivity index (χ0n) is 26.0. The van der Waals surface area contributed by atoms with Crippen molar-refractivity contribution in [3.63, 3.8) is 0 Å². The van der Waals surface area contributed by atoms with Crippen LogP contribution in [0.4, 0.5) is 0 Å². The number of hydrogen-bond donors (Lipinski definition) is 2. The number of hydrogen-bond acceptors (Lipinski definition) is 6. The van der Waals surface area contributed by atoms with Crippen LogP contribution in [0.5, 0.6) is 11.5 Å². The van der Waals surface area contributed by atoms with Gasteiger partial charge in [0, 0.05) is 39.7 Å². The summed E-state index contributed by atoms with van der Waals surface area (Å²) in [5.74, 6) is 0.515. The van der Waals surface area contributed by atoms with Crippen LogP contribution in [0.3, 0.4) is 0 Å². The molecule has 0 saturated carbocycles. The second-order valence-corrected chi connectivity index (χ2v) is 14.7. The van der Waals surface area contributed by atoms with Crippen LogP contribution < -0.4 is 10.1 Å². The molecule has 244 valence electrons. The van der Waals surface area contributed by atoms with Gasteiger partial charge in [-0.05, 0) is 71.0 Å². The summed E-state index contributed by atoms with van der Waals surface area (Å²) in [6, 6.07) is 30.0. The number of carbonyl (C=O) groups is 1. The van der Waals surface area contributed by atoms with E-state index in [0.29, 0.717) is 39.3 Å². The summed E-state index contributed by atoms with van der Waals surface area (Å²) >= 11 is 12.3. The number of halogens is 2. The molecule has 5 aromatic rings. The standard InChI is InChI=1S/C36H34Cl2N2O6S/c1-36(2,3)27-13-11-24(12-14-27)32(17-23-7-9-25(10-8-23)35(41)39-15-16-47(42,43)44)33-22-34(46-40-33)26-5-4-6-30(18-26)45-31-20-28(37)19-29(38)21-31/h4-14,18-22,32H,15-17H2,1-3H3,(H,39,41)(H,42,43,44). The maximum Gasteiger partial charge on any atom is 0.266 e. The van der Waals surface area contributed by atoms with Gasteiger partial charge in [0.05, 0.1) is 11.4 Å². The fraction of sp³-hybridized carbons (Fsp3) is 0.222. The number of nitrogens with zero attached hydrogens (tertiary/aromatic N) is 1. The number of amides is 1. The lowest BCUT2D eigenvalue weighted by atomic mass is 9.83. The zero-order valence-corrected chi connectivity index (χ0v) is 28.4. The summed E-state index contributed by atoms with van der Waals surface area (Å²) in [5, 5.41) is 7.93. The third kappa shape index (κ3) is 9.45. The second kappa shape index (κ2) is 14.3. The molecule has 1 amide bonds. The molecule has 1 aromatic heterocycles. The van der Waals surface area contributed by atoms with E-state index in [1.54, 1.807) is 30.3 Å². The summed E-state index contributed by atoms with van der Waals surface area (Å²) in [4.78, 5) is 12.5. The first kappa shape index (κ1) is 34.2. The van der Waals surface area contributed by atoms with Gasteiger partial charge in [-0.25, -0.2) is 0 Å². The predicted molar refractivity (Wildman–Crippen MR) is 184 cm³/mol. The first-order chi connectivity index (χ1) is 22.2. The van der Waals surface area contributed by atoms with Crippen LogP contribution >= 0.6 is 23.2 Å². The van der Waals surface area contributed by atoms with Gasteiger partial charge in [-0.1, -0.05) is 97.7 Å². The van der Waals surface area contributed by atoms with Gasteiger partial charge >= 0.3 is 0 Å². The molecular formula is C36H34Cl2N2O6S. The molecule has 1 heterocycles. The fourth-order valence-electron chi connectivity index (χ4n) is 5.06. The first-order valence-corrected chi connectivity index (χ1v) is 17.2. The highest BCUT2D eigenvalue weighted by Crippen LogP contribution is 2.35. The molecule has 0 radical (unpaired) electrons. The Kier molecular flexibility index (Phi) is 10.4. The Morgan fingerprint density at radius 2 is 1.60 bits per heavy atom. The highest BCUT2D eigenvalue weighted by molar-refractivity contribution is 7.85. The smallest absolute Gasteiger partial charge is 0.266 e. The molecule has 0 saturated heterocycles. The molecule has 0 fully saturated rings. The van der Waals surface area contributed by atoms with Gasteiger partial charge in [-0.3, -0.25) is 9.35 Å². The van der Waals surface area contributed by atoms with Gasteiger partial charge in [-0.2, -0.15) is 8.42 Å². The normalized spacial score (nSPS) is 12.5. The van der Waals surface area contributed by atoms with Crippen molar-refractivity contribution in [3.8, 4) is 22.8 Å². The largest absolute Gasteiger partial charge is 0.457 e. The van der Waals surface area contributed by atoms with Gasteiger partial charge in [0.1, 0.15) is 11.5 Å². The molecule has 2 N–H and O–H groups in total. The maximum absolute atomic E-state index is 12.5. The van der Waals surface area contributed by atoms with Crippen LogP contribution in [0, 0.1) is 0 Å². The van der Waals surface area contributed by atoms with Crippen molar-refractivity contribution in [2.45, 2.75) is 38.5 Å².